The Morgan fingerprint density at radius 3 is 2.59 bits per heavy atom. The molecule has 5 amide bonds. The van der Waals surface area contributed by atoms with Crippen LogP contribution in [0.4, 0.5) is 19.7 Å². The van der Waals surface area contributed by atoms with Crippen LogP contribution in [-0.2, 0) is 11.2 Å². The van der Waals surface area contributed by atoms with Crippen LogP contribution in [0, 0.1) is 5.82 Å². The Bertz CT molecular complexity index is 1100. The number of carbonyl (C=O) groups excluding carboxylic acids is 3. The number of urea groups is 2. The first-order valence-electron chi connectivity index (χ1n) is 9.67. The molecule has 2 aromatic rings. The summed E-state index contributed by atoms with van der Waals surface area (Å²) in [5.74, 6) is -2.48. The summed E-state index contributed by atoms with van der Waals surface area (Å²) in [7, 11) is 0. The number of carboxylic acids is 1. The number of carbonyl (C=O) groups is 4. The van der Waals surface area contributed by atoms with Gasteiger partial charge in [0.05, 0.1) is 11.3 Å². The zero-order valence-electron chi connectivity index (χ0n) is 16.9. The number of hydrogen-bond donors (Lipinski definition) is 4. The molecule has 0 spiro atoms. The highest BCUT2D eigenvalue weighted by atomic mass is 79.9. The van der Waals surface area contributed by atoms with E-state index in [0.29, 0.717) is 15.0 Å². The third kappa shape index (κ3) is 4.72. The molecule has 11 heteroatoms. The Kier molecular flexibility index (Phi) is 6.78. The summed E-state index contributed by atoms with van der Waals surface area (Å²) in [6.45, 7) is 1.70. The molecule has 1 aliphatic heterocycles. The van der Waals surface area contributed by atoms with E-state index in [2.05, 4.69) is 32.0 Å². The Hall–Kier alpha value is -3.47. The molecule has 32 heavy (non-hydrogen) atoms. The molecular weight excluding hydrogens is 487 g/mol. The maximum absolute atomic E-state index is 13.9. The number of aromatic carboxylic acids is 1. The quantitative estimate of drug-likeness (QED) is 0.426. The third-order valence-electron chi connectivity index (χ3n) is 5.23. The maximum atomic E-state index is 13.9. The van der Waals surface area contributed by atoms with E-state index < -0.39 is 35.3 Å². The van der Waals surface area contributed by atoms with Crippen LogP contribution in [0.2, 0.25) is 0 Å². The highest BCUT2D eigenvalue weighted by Gasteiger charge is 2.50. The first-order valence-corrected chi connectivity index (χ1v) is 10.5. The van der Waals surface area contributed by atoms with E-state index in [0.717, 1.165) is 6.07 Å². The fourth-order valence-electron chi connectivity index (χ4n) is 3.45. The van der Waals surface area contributed by atoms with Crippen molar-refractivity contribution in [2.75, 3.05) is 5.32 Å². The van der Waals surface area contributed by atoms with Gasteiger partial charge in [0, 0.05) is 4.47 Å². The minimum Gasteiger partial charge on any atom is -0.478 e. The van der Waals surface area contributed by atoms with Gasteiger partial charge < -0.3 is 15.7 Å². The van der Waals surface area contributed by atoms with Gasteiger partial charge in [-0.3, -0.25) is 4.79 Å². The molecule has 0 aliphatic carbocycles. The third-order valence-corrected chi connectivity index (χ3v) is 5.72. The van der Waals surface area contributed by atoms with Gasteiger partial charge in [-0.2, -0.15) is 5.01 Å². The number of hydrogen-bond acceptors (Lipinski definition) is 4. The monoisotopic (exact) mass is 506 g/mol. The lowest BCUT2D eigenvalue weighted by Gasteiger charge is -2.25. The molecule has 3 rings (SSSR count). The number of imide groups is 1. The summed E-state index contributed by atoms with van der Waals surface area (Å²) < 4.78 is 14.4. The van der Waals surface area contributed by atoms with Crippen LogP contribution in [0.1, 0.15) is 35.7 Å². The Morgan fingerprint density at radius 1 is 1.22 bits per heavy atom. The number of rotatable bonds is 7. The first-order chi connectivity index (χ1) is 15.2. The average molecular weight is 507 g/mol. The van der Waals surface area contributed by atoms with Crippen LogP contribution in [0.15, 0.2) is 46.9 Å². The van der Waals surface area contributed by atoms with Crippen molar-refractivity contribution in [2.24, 2.45) is 0 Å². The predicted molar refractivity (Wildman–Crippen MR) is 116 cm³/mol. The molecule has 4 N–H and O–H groups in total. The summed E-state index contributed by atoms with van der Waals surface area (Å²) in [6.07, 6.45) is 0.555. The van der Waals surface area contributed by atoms with Crippen molar-refractivity contribution in [3.63, 3.8) is 0 Å². The largest absolute Gasteiger partial charge is 0.478 e. The van der Waals surface area contributed by atoms with Crippen molar-refractivity contribution in [3.05, 3.63) is 63.9 Å². The minimum atomic E-state index is -1.32. The summed E-state index contributed by atoms with van der Waals surface area (Å²) in [5, 5.41) is 14.7. The van der Waals surface area contributed by atoms with Gasteiger partial charge in [-0.15, -0.1) is 0 Å². The summed E-state index contributed by atoms with van der Waals surface area (Å²) in [4.78, 5) is 49.1. The Balaban J connectivity index is 1.71. The second-order valence-corrected chi connectivity index (χ2v) is 8.07. The molecular formula is C21H20BrFN4O5. The lowest BCUT2D eigenvalue weighted by Crippen LogP contribution is -2.51. The zero-order chi connectivity index (χ0) is 23.5. The molecule has 2 aromatic carbocycles. The van der Waals surface area contributed by atoms with Gasteiger partial charge in [-0.25, -0.2) is 24.2 Å². The van der Waals surface area contributed by atoms with Gasteiger partial charge in [0.2, 0.25) is 0 Å². The van der Waals surface area contributed by atoms with Crippen LogP contribution in [-0.4, -0.2) is 39.6 Å². The molecule has 1 fully saturated rings. The molecule has 0 aromatic heterocycles. The van der Waals surface area contributed by atoms with Crippen LogP contribution >= 0.6 is 15.9 Å². The van der Waals surface area contributed by atoms with Crippen molar-refractivity contribution < 1.29 is 28.7 Å². The van der Waals surface area contributed by atoms with Gasteiger partial charge >= 0.3 is 18.0 Å². The van der Waals surface area contributed by atoms with Gasteiger partial charge in [0.1, 0.15) is 11.4 Å². The highest BCUT2D eigenvalue weighted by molar-refractivity contribution is 9.10. The van der Waals surface area contributed by atoms with Gasteiger partial charge in [-0.05, 0) is 49.1 Å². The lowest BCUT2D eigenvalue weighted by molar-refractivity contribution is -0.133. The number of hydrazine groups is 1. The topological polar surface area (TPSA) is 128 Å². The van der Waals surface area contributed by atoms with Crippen molar-refractivity contribution >= 4 is 45.6 Å². The highest BCUT2D eigenvalue weighted by Crippen LogP contribution is 2.27. The van der Waals surface area contributed by atoms with Crippen LogP contribution < -0.4 is 16.1 Å². The second-order valence-electron chi connectivity index (χ2n) is 7.16. The van der Waals surface area contributed by atoms with Crippen molar-refractivity contribution in [1.82, 2.24) is 15.8 Å². The molecule has 9 nitrogen and oxygen atoms in total. The molecule has 0 saturated carbocycles. The maximum Gasteiger partial charge on any atom is 0.344 e. The number of amides is 5. The number of nitrogens with zero attached hydrogens (tertiary/aromatic N) is 1. The summed E-state index contributed by atoms with van der Waals surface area (Å²) in [5.41, 5.74) is 1.31. The molecule has 1 aliphatic rings. The van der Waals surface area contributed by atoms with Crippen LogP contribution in [0.3, 0.4) is 0 Å². The number of halogens is 2. The van der Waals surface area contributed by atoms with E-state index >= 15 is 0 Å². The first kappa shape index (κ1) is 23.2. The number of aryl methyl sites for hydroxylation is 1. The SMILES string of the molecule is CCC1(CCc2ccccc2C(=O)O)NC(=O)N(NC(=O)Nc2ccc(Br)cc2F)C1=O. The molecule has 0 radical (unpaired) electrons. The van der Waals surface area contributed by atoms with E-state index in [1.165, 1.54) is 18.2 Å². The van der Waals surface area contributed by atoms with Crippen molar-refractivity contribution in [3.8, 4) is 0 Å². The normalized spacial score (nSPS) is 17.8. The van der Waals surface area contributed by atoms with E-state index in [-0.39, 0.29) is 30.5 Å². The van der Waals surface area contributed by atoms with Gasteiger partial charge in [0.15, 0.2) is 0 Å². The van der Waals surface area contributed by atoms with E-state index in [1.807, 2.05) is 0 Å². The number of nitrogens with one attached hydrogen (secondary N) is 3. The summed E-state index contributed by atoms with van der Waals surface area (Å²) in [6, 6.07) is 8.58. The molecule has 1 saturated heterocycles. The fourth-order valence-corrected chi connectivity index (χ4v) is 3.78. The average Bonchev–Trinajstić information content (AvgIpc) is 2.99. The number of benzene rings is 2. The van der Waals surface area contributed by atoms with E-state index in [1.54, 1.807) is 25.1 Å². The smallest absolute Gasteiger partial charge is 0.344 e. The number of anilines is 1. The number of carboxylic acid groups (broad SMARTS) is 1. The molecule has 0 bridgehead atoms. The van der Waals surface area contributed by atoms with Gasteiger partial charge in [0.25, 0.3) is 5.91 Å². The second kappa shape index (κ2) is 9.35. The van der Waals surface area contributed by atoms with Gasteiger partial charge in [-0.1, -0.05) is 41.1 Å². The van der Waals surface area contributed by atoms with Crippen molar-refractivity contribution in [1.29, 1.82) is 0 Å². The van der Waals surface area contributed by atoms with Crippen LogP contribution in [0.5, 0.6) is 0 Å². The molecule has 1 heterocycles. The fraction of sp³-hybridized carbons (Fsp3) is 0.238. The minimum absolute atomic E-state index is 0.112. The summed E-state index contributed by atoms with van der Waals surface area (Å²) >= 11 is 3.11. The lowest BCUT2D eigenvalue weighted by atomic mass is 9.87. The van der Waals surface area contributed by atoms with E-state index in [9.17, 15) is 28.7 Å². The molecule has 1 unspecified atom stereocenters. The van der Waals surface area contributed by atoms with E-state index in [4.69, 9.17) is 0 Å². The van der Waals surface area contributed by atoms with Crippen LogP contribution in [0.25, 0.3) is 0 Å². The standard InChI is InChI=1S/C21H20BrFN4O5/c1-2-21(10-9-12-5-3-4-6-14(12)17(28)29)18(30)27(20(32)25-21)26-19(31)24-16-8-7-13(22)11-15(16)23/h3-8,11H,2,9-10H2,1H3,(H,25,32)(H,28,29)(H2,24,26,31). The molecule has 168 valence electrons. The zero-order valence-corrected chi connectivity index (χ0v) is 18.5. The van der Waals surface area contributed by atoms with Crippen molar-refractivity contribution in [2.45, 2.75) is 31.7 Å². The Morgan fingerprint density at radius 2 is 1.94 bits per heavy atom. The predicted octanol–water partition coefficient (Wildman–Crippen LogP) is 3.66. The Labute approximate surface area is 191 Å². The molecule has 1 atom stereocenters.